The Morgan fingerprint density at radius 1 is 1.18 bits per heavy atom. The van der Waals surface area contributed by atoms with Crippen molar-refractivity contribution in [2.24, 2.45) is 0 Å². The molecule has 1 N–H and O–H groups in total. The number of fused-ring (bicyclic) bond motifs is 1. The number of sulfone groups is 1. The lowest BCUT2D eigenvalue weighted by molar-refractivity contribution is -0.124. The van der Waals surface area contributed by atoms with Gasteiger partial charge in [-0.3, -0.25) is 9.20 Å². The van der Waals surface area contributed by atoms with Crippen molar-refractivity contribution in [2.45, 2.75) is 42.9 Å². The molecule has 1 amide bonds. The van der Waals surface area contributed by atoms with Crippen molar-refractivity contribution >= 4 is 27.1 Å². The van der Waals surface area contributed by atoms with Crippen molar-refractivity contribution in [3.05, 3.63) is 36.4 Å². The van der Waals surface area contributed by atoms with Crippen LogP contribution in [-0.4, -0.2) is 60.4 Å². The number of ether oxygens (including phenoxy) is 2. The first-order chi connectivity index (χ1) is 15.9. The monoisotopic (exact) mass is 491 g/mol. The third-order valence-electron chi connectivity index (χ3n) is 5.88. The molecular formula is C23H26FN3O6S. The lowest BCUT2D eigenvalue weighted by atomic mass is 10.1. The van der Waals surface area contributed by atoms with Gasteiger partial charge in [0.05, 0.1) is 36.5 Å². The van der Waals surface area contributed by atoms with Crippen LogP contribution < -0.4 is 14.4 Å². The molecule has 34 heavy (non-hydrogen) atoms. The van der Waals surface area contributed by atoms with Gasteiger partial charge in [0.25, 0.3) is 5.91 Å². The number of aliphatic hydroxyl groups is 1. The number of benzene rings is 1. The maximum Gasteiger partial charge on any atom is 0.255 e. The fourth-order valence-electron chi connectivity index (χ4n) is 3.93. The van der Waals surface area contributed by atoms with Crippen LogP contribution in [0.3, 0.4) is 0 Å². The first-order valence-corrected chi connectivity index (χ1v) is 12.1. The topological polar surface area (TPSA) is 110 Å². The van der Waals surface area contributed by atoms with E-state index in [0.717, 1.165) is 0 Å². The zero-order valence-corrected chi connectivity index (χ0v) is 20.3. The zero-order valence-electron chi connectivity index (χ0n) is 19.5. The lowest BCUT2D eigenvalue weighted by Gasteiger charge is -2.22. The van der Waals surface area contributed by atoms with Gasteiger partial charge in [0, 0.05) is 30.8 Å². The van der Waals surface area contributed by atoms with Crippen molar-refractivity contribution in [3.8, 4) is 22.8 Å². The maximum atomic E-state index is 15.1. The molecule has 1 aromatic carbocycles. The summed E-state index contributed by atoms with van der Waals surface area (Å²) in [4.78, 5) is 18.0. The minimum Gasteiger partial charge on any atom is -0.495 e. The fourth-order valence-corrected chi connectivity index (χ4v) is 5.24. The van der Waals surface area contributed by atoms with Gasteiger partial charge in [0.1, 0.15) is 22.4 Å². The number of imidazole rings is 1. The predicted molar refractivity (Wildman–Crippen MR) is 124 cm³/mol. The Bertz CT molecular complexity index is 1390. The van der Waals surface area contributed by atoms with E-state index in [1.165, 1.54) is 48.0 Å². The molecule has 1 atom stereocenters. The number of halogens is 1. The number of anilines is 1. The average Bonchev–Trinajstić information content (AvgIpc) is 3.34. The number of pyridine rings is 1. The Labute approximate surface area is 196 Å². The van der Waals surface area contributed by atoms with Gasteiger partial charge in [0.15, 0.2) is 21.4 Å². The highest BCUT2D eigenvalue weighted by molar-refractivity contribution is 7.92. The van der Waals surface area contributed by atoms with E-state index in [9.17, 15) is 18.3 Å². The maximum absolute atomic E-state index is 15.1. The highest BCUT2D eigenvalue weighted by Gasteiger charge is 2.35. The molecule has 1 saturated heterocycles. The Kier molecular flexibility index (Phi) is 5.81. The van der Waals surface area contributed by atoms with Crippen molar-refractivity contribution in [3.63, 3.8) is 0 Å². The molecule has 2 aromatic heterocycles. The third kappa shape index (κ3) is 3.68. The number of hydrogen-bond acceptors (Lipinski definition) is 7. The first-order valence-electron chi connectivity index (χ1n) is 10.6. The van der Waals surface area contributed by atoms with E-state index < -0.39 is 32.4 Å². The number of carbonyl (C=O) groups is 1. The van der Waals surface area contributed by atoms with Crippen molar-refractivity contribution < 1.29 is 32.2 Å². The third-order valence-corrected chi connectivity index (χ3v) is 8.38. The van der Waals surface area contributed by atoms with Crippen LogP contribution in [-0.2, 0) is 14.6 Å². The van der Waals surface area contributed by atoms with Crippen LogP contribution in [0.25, 0.3) is 16.9 Å². The van der Waals surface area contributed by atoms with Gasteiger partial charge in [-0.15, -0.1) is 0 Å². The minimum absolute atomic E-state index is 0.0266. The number of aromatic nitrogens is 2. The van der Waals surface area contributed by atoms with Gasteiger partial charge in [-0.1, -0.05) is 0 Å². The predicted octanol–water partition coefficient (Wildman–Crippen LogP) is 2.83. The highest BCUT2D eigenvalue weighted by atomic mass is 32.2. The van der Waals surface area contributed by atoms with E-state index in [4.69, 9.17) is 9.47 Å². The van der Waals surface area contributed by atoms with Gasteiger partial charge in [0.2, 0.25) is 0 Å². The molecule has 1 fully saturated rings. The summed E-state index contributed by atoms with van der Waals surface area (Å²) in [6.45, 7) is 4.98. The van der Waals surface area contributed by atoms with E-state index >= 15 is 4.39 Å². The summed E-state index contributed by atoms with van der Waals surface area (Å²) in [6, 6.07) is 4.29. The minimum atomic E-state index is -3.79. The largest absolute Gasteiger partial charge is 0.495 e. The summed E-state index contributed by atoms with van der Waals surface area (Å²) < 4.78 is 52.5. The van der Waals surface area contributed by atoms with Crippen LogP contribution in [0.2, 0.25) is 0 Å². The molecule has 0 saturated carbocycles. The normalized spacial score (nSPS) is 17.0. The van der Waals surface area contributed by atoms with Crippen LogP contribution in [0.1, 0.15) is 27.2 Å². The Morgan fingerprint density at radius 3 is 2.44 bits per heavy atom. The molecule has 4 rings (SSSR count). The van der Waals surface area contributed by atoms with Crippen LogP contribution in [0.4, 0.5) is 10.1 Å². The second kappa shape index (κ2) is 8.24. The van der Waals surface area contributed by atoms with Crippen LogP contribution in [0, 0.1) is 5.82 Å². The lowest BCUT2D eigenvalue weighted by Crippen LogP contribution is -2.29. The number of hydrogen-bond donors (Lipinski definition) is 1. The van der Waals surface area contributed by atoms with Gasteiger partial charge in [-0.2, -0.15) is 0 Å². The van der Waals surface area contributed by atoms with E-state index in [1.54, 1.807) is 26.8 Å². The van der Waals surface area contributed by atoms with E-state index in [-0.39, 0.29) is 35.0 Å². The van der Waals surface area contributed by atoms with E-state index in [2.05, 4.69) is 4.98 Å². The Morgan fingerprint density at radius 2 is 1.88 bits per heavy atom. The highest BCUT2D eigenvalue weighted by Crippen LogP contribution is 2.39. The molecule has 1 aliphatic heterocycles. The van der Waals surface area contributed by atoms with Crippen molar-refractivity contribution in [2.75, 3.05) is 25.7 Å². The molecule has 0 bridgehead atoms. The molecular weight excluding hydrogens is 465 g/mol. The van der Waals surface area contributed by atoms with Crippen LogP contribution >= 0.6 is 0 Å². The molecule has 3 aromatic rings. The number of aliphatic hydroxyl groups excluding tert-OH is 1. The molecule has 9 nitrogen and oxygen atoms in total. The molecule has 1 aliphatic rings. The van der Waals surface area contributed by atoms with Gasteiger partial charge < -0.3 is 19.5 Å². The summed E-state index contributed by atoms with van der Waals surface area (Å²) in [5, 5.41) is 9.87. The molecule has 0 aliphatic carbocycles. The van der Waals surface area contributed by atoms with Gasteiger partial charge in [-0.05, 0) is 32.9 Å². The number of amides is 1. The summed E-state index contributed by atoms with van der Waals surface area (Å²) in [5.74, 6) is -1.23. The van der Waals surface area contributed by atoms with E-state index in [0.29, 0.717) is 16.9 Å². The fraction of sp³-hybridized carbons (Fsp3) is 0.391. The second-order valence-electron chi connectivity index (χ2n) is 9.00. The van der Waals surface area contributed by atoms with Gasteiger partial charge in [-0.25, -0.2) is 17.8 Å². The number of methoxy groups -OCH3 is 2. The number of nitrogens with zero attached hydrogens (tertiary/aromatic N) is 3. The summed E-state index contributed by atoms with van der Waals surface area (Å²) in [7, 11) is -1.12. The van der Waals surface area contributed by atoms with Crippen LogP contribution in [0.15, 0.2) is 35.5 Å². The summed E-state index contributed by atoms with van der Waals surface area (Å²) in [5.41, 5.74) is 1.31. The molecule has 0 spiro atoms. The van der Waals surface area contributed by atoms with E-state index in [1.807, 2.05) is 0 Å². The standard InChI is InChI=1S/C23H26FN3O6S/c1-23(2,3)34(30,31)19-12-27-16(11-25-20(27)10-18(19)32-4)13-8-14(24)21(33-5)15(9-13)26-7-6-17(28)22(26)29/h8-12,17,28H,6-7H2,1-5H3/t17-/m1/s1. The number of rotatable bonds is 5. The molecule has 3 heterocycles. The first kappa shape index (κ1) is 24.0. The van der Waals surface area contributed by atoms with Crippen molar-refractivity contribution in [1.82, 2.24) is 9.38 Å². The Hall–Kier alpha value is -3.18. The molecule has 0 unspecified atom stereocenters. The van der Waals surface area contributed by atoms with Gasteiger partial charge >= 0.3 is 0 Å². The smallest absolute Gasteiger partial charge is 0.255 e. The summed E-state index contributed by atoms with van der Waals surface area (Å²) in [6.07, 6.45) is 1.94. The SMILES string of the molecule is COc1cc2ncc(-c3cc(F)c(OC)c(N4CC[C@@H](O)C4=O)c3)n2cc1S(=O)(=O)C(C)(C)C. The zero-order chi connectivity index (χ0) is 25.0. The van der Waals surface area contributed by atoms with Crippen LogP contribution in [0.5, 0.6) is 11.5 Å². The quantitative estimate of drug-likeness (QED) is 0.584. The molecule has 11 heteroatoms. The molecule has 182 valence electrons. The number of carbonyl (C=O) groups excluding carboxylic acids is 1. The average molecular weight is 492 g/mol. The Balaban J connectivity index is 1.94. The summed E-state index contributed by atoms with van der Waals surface area (Å²) >= 11 is 0. The molecule has 0 radical (unpaired) electrons. The second-order valence-corrected chi connectivity index (χ2v) is 11.7. The van der Waals surface area contributed by atoms with Crippen molar-refractivity contribution in [1.29, 1.82) is 0 Å².